The molecule has 0 aromatic heterocycles. The van der Waals surface area contributed by atoms with Gasteiger partial charge < -0.3 is 10.1 Å². The molecule has 2 aromatic rings. The molecule has 1 N–H and O–H groups in total. The van der Waals surface area contributed by atoms with E-state index in [4.69, 9.17) is 4.74 Å². The zero-order chi connectivity index (χ0) is 15.4. The van der Waals surface area contributed by atoms with Crippen LogP contribution in [0.15, 0.2) is 36.4 Å². The van der Waals surface area contributed by atoms with Crippen LogP contribution in [-0.2, 0) is 6.61 Å². The molecule has 1 atom stereocenters. The molecular weight excluding hydrogens is 279 g/mol. The predicted molar refractivity (Wildman–Crippen MR) is 74.6 cm³/mol. The molecule has 0 bridgehead atoms. The zero-order valence-corrected chi connectivity index (χ0v) is 11.8. The minimum Gasteiger partial charge on any atom is -0.489 e. The third kappa shape index (κ3) is 3.55. The lowest BCUT2D eigenvalue weighted by molar-refractivity contribution is 0.291. The van der Waals surface area contributed by atoms with Gasteiger partial charge in [-0.15, -0.1) is 0 Å². The van der Waals surface area contributed by atoms with Crippen molar-refractivity contribution in [3.05, 3.63) is 65.0 Å². The molecule has 0 radical (unpaired) electrons. The normalized spacial score (nSPS) is 12.2. The van der Waals surface area contributed by atoms with Gasteiger partial charge in [0.15, 0.2) is 0 Å². The second-order valence-electron chi connectivity index (χ2n) is 4.68. The Bertz CT molecular complexity index is 611. The first-order valence-electron chi connectivity index (χ1n) is 6.55. The van der Waals surface area contributed by atoms with Gasteiger partial charge in [0.2, 0.25) is 0 Å². The molecular formula is C16H16F3NO. The molecule has 2 nitrogen and oxygen atoms in total. The first-order chi connectivity index (χ1) is 10.0. The lowest BCUT2D eigenvalue weighted by atomic mass is 10.1. The molecule has 0 aliphatic carbocycles. The van der Waals surface area contributed by atoms with Crippen LogP contribution in [0.25, 0.3) is 0 Å². The maximum atomic E-state index is 13.9. The Labute approximate surface area is 121 Å². The van der Waals surface area contributed by atoms with Crippen molar-refractivity contribution in [3.8, 4) is 5.75 Å². The Balaban J connectivity index is 2.12. The fourth-order valence-corrected chi connectivity index (χ4v) is 1.93. The number of rotatable bonds is 5. The van der Waals surface area contributed by atoms with Crippen molar-refractivity contribution in [3.63, 3.8) is 0 Å². The number of hydrogen-bond acceptors (Lipinski definition) is 2. The highest BCUT2D eigenvalue weighted by molar-refractivity contribution is 5.31. The largest absolute Gasteiger partial charge is 0.489 e. The number of ether oxygens (including phenoxy) is 1. The van der Waals surface area contributed by atoms with E-state index in [9.17, 15) is 13.2 Å². The highest BCUT2D eigenvalue weighted by Gasteiger charge is 2.12. The van der Waals surface area contributed by atoms with Crippen LogP contribution >= 0.6 is 0 Å². The van der Waals surface area contributed by atoms with Gasteiger partial charge >= 0.3 is 0 Å². The Kier molecular flexibility index (Phi) is 4.85. The number of halogens is 3. The fraction of sp³-hybridized carbons (Fsp3) is 0.250. The van der Waals surface area contributed by atoms with E-state index < -0.39 is 17.5 Å². The summed E-state index contributed by atoms with van der Waals surface area (Å²) in [6, 6.07) is 7.82. The second-order valence-corrected chi connectivity index (χ2v) is 4.68. The third-order valence-electron chi connectivity index (χ3n) is 3.32. The van der Waals surface area contributed by atoms with Gasteiger partial charge in [-0.05, 0) is 32.2 Å². The Morgan fingerprint density at radius 2 is 1.71 bits per heavy atom. The quantitative estimate of drug-likeness (QED) is 0.901. The molecule has 0 fully saturated rings. The van der Waals surface area contributed by atoms with Crippen molar-refractivity contribution >= 4 is 0 Å². The molecule has 0 aliphatic rings. The zero-order valence-electron chi connectivity index (χ0n) is 11.8. The lowest BCUT2D eigenvalue weighted by Crippen LogP contribution is -2.13. The molecule has 21 heavy (non-hydrogen) atoms. The van der Waals surface area contributed by atoms with Crippen LogP contribution in [0.4, 0.5) is 13.2 Å². The van der Waals surface area contributed by atoms with Gasteiger partial charge in [-0.25, -0.2) is 13.2 Å². The minimum absolute atomic E-state index is 0.136. The van der Waals surface area contributed by atoms with E-state index in [1.54, 1.807) is 19.2 Å². The van der Waals surface area contributed by atoms with Crippen LogP contribution in [0, 0.1) is 17.5 Å². The summed E-state index contributed by atoms with van der Waals surface area (Å²) in [4.78, 5) is 0. The van der Waals surface area contributed by atoms with Crippen molar-refractivity contribution in [1.29, 1.82) is 0 Å². The molecule has 112 valence electrons. The van der Waals surface area contributed by atoms with E-state index in [1.165, 1.54) is 12.1 Å². The van der Waals surface area contributed by atoms with Crippen molar-refractivity contribution in [1.82, 2.24) is 5.32 Å². The third-order valence-corrected chi connectivity index (χ3v) is 3.32. The standard InChI is InChI=1S/C16H16F3NO/c1-10(20-2)12-7-6-11(8-16(12)19)21-9-13-14(17)4-3-5-15(13)18/h3-8,10,20H,9H2,1-2H3. The van der Waals surface area contributed by atoms with Crippen molar-refractivity contribution < 1.29 is 17.9 Å². The summed E-state index contributed by atoms with van der Waals surface area (Å²) >= 11 is 0. The fourth-order valence-electron chi connectivity index (χ4n) is 1.93. The minimum atomic E-state index is -0.684. The van der Waals surface area contributed by atoms with Crippen LogP contribution in [0.1, 0.15) is 24.1 Å². The monoisotopic (exact) mass is 295 g/mol. The molecule has 0 heterocycles. The van der Waals surface area contributed by atoms with Gasteiger partial charge in [0, 0.05) is 17.7 Å². The summed E-state index contributed by atoms with van der Waals surface area (Å²) in [5, 5.41) is 2.93. The average Bonchev–Trinajstić information content (AvgIpc) is 2.46. The van der Waals surface area contributed by atoms with Gasteiger partial charge in [-0.2, -0.15) is 0 Å². The molecule has 0 spiro atoms. The van der Waals surface area contributed by atoms with Crippen molar-refractivity contribution in [2.24, 2.45) is 0 Å². The second kappa shape index (κ2) is 6.63. The van der Waals surface area contributed by atoms with Crippen LogP contribution < -0.4 is 10.1 Å². The van der Waals surface area contributed by atoms with Crippen LogP contribution in [-0.4, -0.2) is 7.05 Å². The van der Waals surface area contributed by atoms with E-state index in [0.717, 1.165) is 12.1 Å². The average molecular weight is 295 g/mol. The maximum Gasteiger partial charge on any atom is 0.132 e. The summed E-state index contributed by atoms with van der Waals surface area (Å²) in [6.45, 7) is 1.53. The molecule has 2 aromatic carbocycles. The Morgan fingerprint density at radius 1 is 1.05 bits per heavy atom. The van der Waals surface area contributed by atoms with E-state index in [-0.39, 0.29) is 24.0 Å². The summed E-state index contributed by atoms with van der Waals surface area (Å²) < 4.78 is 46.1. The van der Waals surface area contributed by atoms with Gasteiger partial charge in [0.05, 0.1) is 5.56 Å². The molecule has 0 amide bonds. The highest BCUT2D eigenvalue weighted by atomic mass is 19.1. The molecule has 1 unspecified atom stereocenters. The molecule has 0 saturated carbocycles. The van der Waals surface area contributed by atoms with E-state index in [1.807, 2.05) is 6.92 Å². The molecule has 0 saturated heterocycles. The van der Waals surface area contributed by atoms with E-state index in [2.05, 4.69) is 5.32 Å². The number of benzene rings is 2. The van der Waals surface area contributed by atoms with Gasteiger partial charge in [-0.3, -0.25) is 0 Å². The maximum absolute atomic E-state index is 13.9. The number of hydrogen-bond donors (Lipinski definition) is 1. The van der Waals surface area contributed by atoms with Crippen LogP contribution in [0.2, 0.25) is 0 Å². The van der Waals surface area contributed by atoms with Gasteiger partial charge in [-0.1, -0.05) is 12.1 Å². The summed E-state index contributed by atoms with van der Waals surface area (Å²) in [5.74, 6) is -1.57. The predicted octanol–water partition coefficient (Wildman–Crippen LogP) is 3.96. The number of nitrogens with one attached hydrogen (secondary N) is 1. The SMILES string of the molecule is CNC(C)c1ccc(OCc2c(F)cccc2F)cc1F. The van der Waals surface area contributed by atoms with E-state index >= 15 is 0 Å². The Morgan fingerprint density at radius 3 is 2.29 bits per heavy atom. The summed E-state index contributed by atoms with van der Waals surface area (Å²) in [6.07, 6.45) is 0. The van der Waals surface area contributed by atoms with Crippen molar-refractivity contribution in [2.75, 3.05) is 7.05 Å². The summed E-state index contributed by atoms with van der Waals surface area (Å²) in [7, 11) is 1.73. The molecule has 5 heteroatoms. The smallest absolute Gasteiger partial charge is 0.132 e. The van der Waals surface area contributed by atoms with Gasteiger partial charge in [0.25, 0.3) is 0 Å². The van der Waals surface area contributed by atoms with Crippen LogP contribution in [0.5, 0.6) is 5.75 Å². The summed E-state index contributed by atoms with van der Waals surface area (Å²) in [5.41, 5.74) is 0.326. The highest BCUT2D eigenvalue weighted by Crippen LogP contribution is 2.23. The first-order valence-corrected chi connectivity index (χ1v) is 6.55. The topological polar surface area (TPSA) is 21.3 Å². The van der Waals surface area contributed by atoms with Crippen molar-refractivity contribution in [2.45, 2.75) is 19.6 Å². The van der Waals surface area contributed by atoms with E-state index in [0.29, 0.717) is 5.56 Å². The van der Waals surface area contributed by atoms with Crippen LogP contribution in [0.3, 0.4) is 0 Å². The molecule has 2 rings (SSSR count). The lowest BCUT2D eigenvalue weighted by Gasteiger charge is -2.13. The first kappa shape index (κ1) is 15.4. The molecule has 0 aliphatic heterocycles. The van der Waals surface area contributed by atoms with Gasteiger partial charge in [0.1, 0.15) is 29.8 Å². The Hall–Kier alpha value is -2.01.